The van der Waals surface area contributed by atoms with Crippen LogP contribution >= 0.6 is 0 Å². The minimum Gasteiger partial charge on any atom is -0.495 e. The second-order valence-electron chi connectivity index (χ2n) is 5.08. The highest BCUT2D eigenvalue weighted by molar-refractivity contribution is 7.92. The molecule has 1 aliphatic heterocycles. The Labute approximate surface area is 124 Å². The summed E-state index contributed by atoms with van der Waals surface area (Å²) >= 11 is 0. The zero-order valence-corrected chi connectivity index (χ0v) is 13.4. The molecule has 21 heavy (non-hydrogen) atoms. The van der Waals surface area contributed by atoms with E-state index < -0.39 is 25.9 Å². The van der Waals surface area contributed by atoms with Crippen LogP contribution in [-0.4, -0.2) is 41.5 Å². The molecule has 1 aliphatic rings. The molecule has 2 rings (SSSR count). The number of sulfone groups is 1. The van der Waals surface area contributed by atoms with Crippen molar-refractivity contribution >= 4 is 25.5 Å². The Morgan fingerprint density at radius 3 is 2.57 bits per heavy atom. The molecule has 0 aromatic heterocycles. The Balaban J connectivity index is 2.34. The van der Waals surface area contributed by atoms with E-state index in [1.807, 2.05) is 0 Å². The lowest BCUT2D eigenvalue weighted by molar-refractivity contribution is 0.402. The summed E-state index contributed by atoms with van der Waals surface area (Å²) in [7, 11) is -5.69. The first-order chi connectivity index (χ1) is 9.64. The number of sulfonamides is 1. The molecule has 1 saturated heterocycles. The lowest BCUT2D eigenvalue weighted by Crippen LogP contribution is -2.35. The second kappa shape index (κ2) is 5.47. The van der Waals surface area contributed by atoms with Gasteiger partial charge in [-0.15, -0.1) is 0 Å². The number of hydrogen-bond acceptors (Lipinski definition) is 6. The zero-order chi connectivity index (χ0) is 15.8. The van der Waals surface area contributed by atoms with E-state index in [0.717, 1.165) is 0 Å². The number of nitrogen functional groups attached to an aromatic ring is 1. The molecule has 7 nitrogen and oxygen atoms in total. The molecule has 3 N–H and O–H groups in total. The number of ether oxygens (including phenoxy) is 1. The number of methoxy groups -OCH3 is 1. The van der Waals surface area contributed by atoms with Crippen LogP contribution in [0, 0.1) is 6.92 Å². The van der Waals surface area contributed by atoms with E-state index in [9.17, 15) is 16.8 Å². The summed E-state index contributed by atoms with van der Waals surface area (Å²) in [5.41, 5.74) is 6.78. The van der Waals surface area contributed by atoms with Gasteiger partial charge in [0, 0.05) is 11.7 Å². The first kappa shape index (κ1) is 16.1. The van der Waals surface area contributed by atoms with E-state index in [2.05, 4.69) is 4.72 Å². The third-order valence-electron chi connectivity index (χ3n) is 3.40. The molecule has 1 unspecified atom stereocenters. The molecule has 1 atom stereocenters. The zero-order valence-electron chi connectivity index (χ0n) is 11.8. The van der Waals surface area contributed by atoms with E-state index in [0.29, 0.717) is 11.3 Å². The van der Waals surface area contributed by atoms with Gasteiger partial charge in [-0.25, -0.2) is 21.6 Å². The Bertz CT molecular complexity index is 756. The van der Waals surface area contributed by atoms with Crippen molar-refractivity contribution in [2.75, 3.05) is 24.3 Å². The molecule has 0 amide bonds. The van der Waals surface area contributed by atoms with Gasteiger partial charge in [0.1, 0.15) is 10.6 Å². The van der Waals surface area contributed by atoms with E-state index in [1.54, 1.807) is 6.92 Å². The quantitative estimate of drug-likeness (QED) is 0.752. The van der Waals surface area contributed by atoms with Crippen molar-refractivity contribution in [3.8, 4) is 5.75 Å². The largest absolute Gasteiger partial charge is 0.495 e. The summed E-state index contributed by atoms with van der Waals surface area (Å²) < 4.78 is 55.1. The lowest BCUT2D eigenvalue weighted by atomic mass is 10.2. The molecule has 0 radical (unpaired) electrons. The van der Waals surface area contributed by atoms with Crippen molar-refractivity contribution in [2.24, 2.45) is 0 Å². The van der Waals surface area contributed by atoms with Gasteiger partial charge in [0.25, 0.3) is 0 Å². The lowest BCUT2D eigenvalue weighted by Gasteiger charge is -2.15. The Morgan fingerprint density at radius 1 is 1.38 bits per heavy atom. The van der Waals surface area contributed by atoms with Crippen LogP contribution in [0.4, 0.5) is 5.69 Å². The summed E-state index contributed by atoms with van der Waals surface area (Å²) in [4.78, 5) is -0.0857. The molecule has 0 saturated carbocycles. The number of nitrogens with one attached hydrogen (secondary N) is 1. The van der Waals surface area contributed by atoms with Crippen molar-refractivity contribution < 1.29 is 21.6 Å². The number of hydrogen-bond donors (Lipinski definition) is 2. The first-order valence-electron chi connectivity index (χ1n) is 6.31. The van der Waals surface area contributed by atoms with Crippen LogP contribution in [0.1, 0.15) is 12.0 Å². The fourth-order valence-electron chi connectivity index (χ4n) is 2.22. The van der Waals surface area contributed by atoms with Crippen molar-refractivity contribution in [3.05, 3.63) is 17.7 Å². The van der Waals surface area contributed by atoms with Crippen LogP contribution < -0.4 is 15.2 Å². The van der Waals surface area contributed by atoms with Crippen molar-refractivity contribution in [1.82, 2.24) is 4.72 Å². The summed E-state index contributed by atoms with van der Waals surface area (Å²) in [6.07, 6.45) is 0.269. The average molecular weight is 334 g/mol. The van der Waals surface area contributed by atoms with Crippen LogP contribution in [0.25, 0.3) is 0 Å². The van der Waals surface area contributed by atoms with Gasteiger partial charge in [0.15, 0.2) is 9.84 Å². The van der Waals surface area contributed by atoms with Crippen molar-refractivity contribution in [3.63, 3.8) is 0 Å². The number of anilines is 1. The molecule has 9 heteroatoms. The van der Waals surface area contributed by atoms with Crippen LogP contribution in [0.15, 0.2) is 17.0 Å². The third kappa shape index (κ3) is 3.47. The second-order valence-corrected chi connectivity index (χ2v) is 8.99. The van der Waals surface area contributed by atoms with Gasteiger partial charge in [-0.2, -0.15) is 0 Å². The highest BCUT2D eigenvalue weighted by Crippen LogP contribution is 2.29. The van der Waals surface area contributed by atoms with Gasteiger partial charge in [-0.05, 0) is 31.0 Å². The molecule has 1 aromatic rings. The molecule has 1 heterocycles. The standard InChI is InChI=1S/C12H18N2O5S2/c1-8-5-11(19-2)12(6-10(8)13)21(17,18)14-9-3-4-20(15,16)7-9/h5-6,9,14H,3-4,7,13H2,1-2H3. The topological polar surface area (TPSA) is 116 Å². The maximum atomic E-state index is 12.4. The van der Waals surface area contributed by atoms with Gasteiger partial charge in [0.2, 0.25) is 10.0 Å². The summed E-state index contributed by atoms with van der Waals surface area (Å²) in [6, 6.07) is 2.24. The fraction of sp³-hybridized carbons (Fsp3) is 0.500. The van der Waals surface area contributed by atoms with Gasteiger partial charge < -0.3 is 10.5 Å². The van der Waals surface area contributed by atoms with Crippen LogP contribution in [0.3, 0.4) is 0 Å². The maximum absolute atomic E-state index is 12.4. The summed E-state index contributed by atoms with van der Waals surface area (Å²) in [6.45, 7) is 1.74. The Kier molecular flexibility index (Phi) is 4.18. The molecular weight excluding hydrogens is 316 g/mol. The molecule has 1 aromatic carbocycles. The fourth-order valence-corrected chi connectivity index (χ4v) is 5.45. The molecule has 0 spiro atoms. The number of rotatable bonds is 4. The number of nitrogens with two attached hydrogens (primary N) is 1. The van der Waals surface area contributed by atoms with Crippen molar-refractivity contribution in [2.45, 2.75) is 24.3 Å². The molecular formula is C12H18N2O5S2. The van der Waals surface area contributed by atoms with Gasteiger partial charge in [-0.1, -0.05) is 0 Å². The van der Waals surface area contributed by atoms with E-state index >= 15 is 0 Å². The molecule has 118 valence electrons. The molecule has 1 fully saturated rings. The highest BCUT2D eigenvalue weighted by atomic mass is 32.2. The van der Waals surface area contributed by atoms with E-state index in [4.69, 9.17) is 10.5 Å². The Hall–Kier alpha value is -1.32. The average Bonchev–Trinajstić information content (AvgIpc) is 2.70. The normalized spacial score (nSPS) is 21.3. The summed E-state index contributed by atoms with van der Waals surface area (Å²) in [5.74, 6) is -0.0152. The molecule has 0 bridgehead atoms. The third-order valence-corrected chi connectivity index (χ3v) is 6.71. The minimum absolute atomic E-state index is 0.00659. The molecule has 0 aliphatic carbocycles. The van der Waals surface area contributed by atoms with E-state index in [1.165, 1.54) is 19.2 Å². The van der Waals surface area contributed by atoms with E-state index in [-0.39, 0.29) is 28.6 Å². The van der Waals surface area contributed by atoms with Crippen LogP contribution in [0.2, 0.25) is 0 Å². The maximum Gasteiger partial charge on any atom is 0.244 e. The summed E-state index contributed by atoms with van der Waals surface area (Å²) in [5, 5.41) is 0. The number of benzene rings is 1. The van der Waals surface area contributed by atoms with Crippen LogP contribution in [0.5, 0.6) is 5.75 Å². The minimum atomic E-state index is -3.90. The highest BCUT2D eigenvalue weighted by Gasteiger charge is 2.32. The van der Waals surface area contributed by atoms with Crippen molar-refractivity contribution in [1.29, 1.82) is 0 Å². The van der Waals surface area contributed by atoms with Gasteiger partial charge in [0.05, 0.1) is 18.6 Å². The monoisotopic (exact) mass is 334 g/mol. The van der Waals surface area contributed by atoms with Gasteiger partial charge in [-0.3, -0.25) is 0 Å². The predicted octanol–water partition coefficient (Wildman–Crippen LogP) is 0.0512. The first-order valence-corrected chi connectivity index (χ1v) is 9.62. The SMILES string of the molecule is COc1cc(C)c(N)cc1S(=O)(=O)NC1CCS(=O)(=O)C1. The Morgan fingerprint density at radius 2 is 2.05 bits per heavy atom. The number of aryl methyl sites for hydroxylation is 1. The predicted molar refractivity (Wildman–Crippen MR) is 79.5 cm³/mol. The smallest absolute Gasteiger partial charge is 0.244 e. The van der Waals surface area contributed by atoms with Crippen LogP contribution in [-0.2, 0) is 19.9 Å². The van der Waals surface area contributed by atoms with Gasteiger partial charge >= 0.3 is 0 Å².